The van der Waals surface area contributed by atoms with E-state index in [0.717, 1.165) is 12.8 Å². The van der Waals surface area contributed by atoms with Gasteiger partial charge < -0.3 is 9.63 Å². The second-order valence-electron chi connectivity index (χ2n) is 4.85. The number of rotatable bonds is 5. The molecule has 1 aliphatic carbocycles. The highest BCUT2D eigenvalue weighted by Crippen LogP contribution is 2.52. The van der Waals surface area contributed by atoms with Crippen LogP contribution in [0.4, 0.5) is 0 Å². The molecule has 98 valence electrons. The lowest BCUT2D eigenvalue weighted by atomic mass is 9.95. The predicted octanol–water partition coefficient (Wildman–Crippen LogP) is 2.17. The third-order valence-corrected chi connectivity index (χ3v) is 3.53. The third kappa shape index (κ3) is 2.23. The summed E-state index contributed by atoms with van der Waals surface area (Å²) in [6.07, 6.45) is 2.32. The molecule has 0 aliphatic heterocycles. The molecular formula is C14H14N2O3. The molecule has 1 aliphatic rings. The van der Waals surface area contributed by atoms with E-state index in [1.807, 2.05) is 18.2 Å². The van der Waals surface area contributed by atoms with Crippen LogP contribution in [-0.4, -0.2) is 21.2 Å². The van der Waals surface area contributed by atoms with Gasteiger partial charge in [0.25, 0.3) is 0 Å². The van der Waals surface area contributed by atoms with Crippen molar-refractivity contribution in [3.63, 3.8) is 0 Å². The molecule has 19 heavy (non-hydrogen) atoms. The van der Waals surface area contributed by atoms with Gasteiger partial charge in [-0.1, -0.05) is 35.5 Å². The van der Waals surface area contributed by atoms with Crippen molar-refractivity contribution in [1.82, 2.24) is 10.1 Å². The number of hydrogen-bond donors (Lipinski definition) is 1. The van der Waals surface area contributed by atoms with Crippen LogP contribution >= 0.6 is 0 Å². The number of carboxylic acids is 1. The van der Waals surface area contributed by atoms with E-state index in [2.05, 4.69) is 22.3 Å². The van der Waals surface area contributed by atoms with Gasteiger partial charge in [0.05, 0.1) is 11.8 Å². The van der Waals surface area contributed by atoms with Gasteiger partial charge in [-0.2, -0.15) is 4.98 Å². The zero-order valence-corrected chi connectivity index (χ0v) is 10.4. The van der Waals surface area contributed by atoms with Crippen molar-refractivity contribution in [1.29, 1.82) is 0 Å². The van der Waals surface area contributed by atoms with Crippen molar-refractivity contribution in [3.05, 3.63) is 47.6 Å². The van der Waals surface area contributed by atoms with Crippen LogP contribution in [0.2, 0.25) is 0 Å². The Bertz CT molecular complexity index is 588. The topological polar surface area (TPSA) is 76.2 Å². The van der Waals surface area contributed by atoms with Gasteiger partial charge in [0.15, 0.2) is 5.82 Å². The fourth-order valence-electron chi connectivity index (χ4n) is 2.29. The first-order valence-corrected chi connectivity index (χ1v) is 6.31. The molecule has 1 fully saturated rings. The van der Waals surface area contributed by atoms with E-state index in [4.69, 9.17) is 9.63 Å². The summed E-state index contributed by atoms with van der Waals surface area (Å²) < 4.78 is 5.14. The van der Waals surface area contributed by atoms with Gasteiger partial charge in [-0.05, 0) is 18.4 Å². The lowest BCUT2D eigenvalue weighted by Gasteiger charge is -2.09. The molecule has 2 aromatic rings. The molecule has 1 aromatic heterocycles. The predicted molar refractivity (Wildman–Crippen MR) is 66.7 cm³/mol. The average Bonchev–Trinajstić information content (AvgIpc) is 3.10. The molecule has 0 bridgehead atoms. The normalized spacial score (nSPS) is 16.2. The minimum absolute atomic E-state index is 0.0139. The fourth-order valence-corrected chi connectivity index (χ4v) is 2.29. The van der Waals surface area contributed by atoms with Gasteiger partial charge >= 0.3 is 5.97 Å². The second-order valence-corrected chi connectivity index (χ2v) is 4.85. The van der Waals surface area contributed by atoms with Gasteiger partial charge in [-0.15, -0.1) is 0 Å². The Morgan fingerprint density at radius 3 is 2.68 bits per heavy atom. The smallest absolute Gasteiger partial charge is 0.303 e. The summed E-state index contributed by atoms with van der Waals surface area (Å²) in [5.74, 6) is 0.225. The summed E-state index contributed by atoms with van der Waals surface area (Å²) in [7, 11) is 0. The van der Waals surface area contributed by atoms with Gasteiger partial charge in [0.2, 0.25) is 5.89 Å². The van der Waals surface area contributed by atoms with Crippen LogP contribution in [0, 0.1) is 0 Å². The molecule has 1 N–H and O–H groups in total. The number of carboxylic acid groups (broad SMARTS) is 1. The summed E-state index contributed by atoms with van der Waals surface area (Å²) in [4.78, 5) is 14.9. The van der Waals surface area contributed by atoms with Gasteiger partial charge in [-0.3, -0.25) is 4.79 Å². The molecule has 0 amide bonds. The largest absolute Gasteiger partial charge is 0.481 e. The van der Waals surface area contributed by atoms with E-state index in [1.54, 1.807) is 0 Å². The first kappa shape index (κ1) is 11.9. The lowest BCUT2D eigenvalue weighted by Crippen LogP contribution is -2.10. The van der Waals surface area contributed by atoms with Crippen LogP contribution < -0.4 is 0 Å². The molecule has 0 radical (unpaired) electrons. The Morgan fingerprint density at radius 2 is 2.05 bits per heavy atom. The van der Waals surface area contributed by atoms with Crippen molar-refractivity contribution in [2.75, 3.05) is 0 Å². The van der Waals surface area contributed by atoms with Crippen LogP contribution in [0.1, 0.15) is 36.5 Å². The molecule has 5 heteroatoms. The zero-order chi connectivity index (χ0) is 13.3. The number of nitrogens with zero attached hydrogens (tertiary/aromatic N) is 2. The summed E-state index contributed by atoms with van der Waals surface area (Å²) in [6, 6.07) is 10.1. The van der Waals surface area contributed by atoms with E-state index < -0.39 is 5.97 Å². The number of aliphatic carboxylic acids is 1. The monoisotopic (exact) mass is 258 g/mol. The lowest BCUT2D eigenvalue weighted by molar-refractivity contribution is -0.137. The molecule has 1 aromatic carbocycles. The number of hydrogen-bond acceptors (Lipinski definition) is 4. The minimum atomic E-state index is -0.857. The van der Waals surface area contributed by atoms with Gasteiger partial charge in [-0.25, -0.2) is 0 Å². The Balaban J connectivity index is 1.81. The molecule has 3 rings (SSSR count). The van der Waals surface area contributed by atoms with Crippen LogP contribution in [0.15, 0.2) is 34.9 Å². The van der Waals surface area contributed by atoms with Crippen LogP contribution in [0.3, 0.4) is 0 Å². The highest BCUT2D eigenvalue weighted by atomic mass is 16.5. The van der Waals surface area contributed by atoms with E-state index in [9.17, 15) is 4.79 Å². The van der Waals surface area contributed by atoms with E-state index in [0.29, 0.717) is 11.7 Å². The molecule has 0 unspecified atom stereocenters. The quantitative estimate of drug-likeness (QED) is 0.889. The van der Waals surface area contributed by atoms with Crippen molar-refractivity contribution < 1.29 is 14.4 Å². The molecule has 1 heterocycles. The number of aryl methyl sites for hydroxylation is 1. The molecule has 1 saturated carbocycles. The first-order chi connectivity index (χ1) is 9.21. The number of carbonyl (C=O) groups is 1. The fraction of sp³-hybridized carbons (Fsp3) is 0.357. The van der Waals surface area contributed by atoms with Crippen molar-refractivity contribution in [2.24, 2.45) is 0 Å². The SMILES string of the molecule is O=C(O)CCc1nc(C2(c3ccccc3)CC2)no1. The zero-order valence-electron chi connectivity index (χ0n) is 10.4. The van der Waals surface area contributed by atoms with E-state index >= 15 is 0 Å². The number of benzene rings is 1. The van der Waals surface area contributed by atoms with Crippen molar-refractivity contribution >= 4 is 5.97 Å². The maximum atomic E-state index is 10.5. The van der Waals surface area contributed by atoms with Gasteiger partial charge in [0, 0.05) is 6.42 Å². The summed E-state index contributed by atoms with van der Waals surface area (Å²) in [6.45, 7) is 0. The van der Waals surface area contributed by atoms with Crippen molar-refractivity contribution in [2.45, 2.75) is 31.1 Å². The highest BCUT2D eigenvalue weighted by molar-refractivity contribution is 5.66. The maximum absolute atomic E-state index is 10.5. The van der Waals surface area contributed by atoms with Crippen LogP contribution in [-0.2, 0) is 16.6 Å². The first-order valence-electron chi connectivity index (χ1n) is 6.31. The maximum Gasteiger partial charge on any atom is 0.303 e. The minimum Gasteiger partial charge on any atom is -0.481 e. The molecule has 0 atom stereocenters. The second kappa shape index (κ2) is 4.50. The third-order valence-electron chi connectivity index (χ3n) is 3.53. The standard InChI is InChI=1S/C14H14N2O3/c17-12(18)7-6-11-15-13(16-19-11)14(8-9-14)10-4-2-1-3-5-10/h1-5H,6-9H2,(H,17,18). The Labute approximate surface area is 110 Å². The molecule has 5 nitrogen and oxygen atoms in total. The van der Waals surface area contributed by atoms with E-state index in [-0.39, 0.29) is 18.3 Å². The summed E-state index contributed by atoms with van der Waals surface area (Å²) in [5.41, 5.74) is 1.08. The molecule has 0 spiro atoms. The van der Waals surface area contributed by atoms with Crippen LogP contribution in [0.25, 0.3) is 0 Å². The van der Waals surface area contributed by atoms with E-state index in [1.165, 1.54) is 5.56 Å². The van der Waals surface area contributed by atoms with Crippen LogP contribution in [0.5, 0.6) is 0 Å². The number of aromatic nitrogens is 2. The molecule has 0 saturated heterocycles. The Morgan fingerprint density at radius 1 is 1.32 bits per heavy atom. The molecular weight excluding hydrogens is 244 g/mol. The average molecular weight is 258 g/mol. The van der Waals surface area contributed by atoms with Crippen molar-refractivity contribution in [3.8, 4) is 0 Å². The highest BCUT2D eigenvalue weighted by Gasteiger charge is 2.49. The Kier molecular flexibility index (Phi) is 2.81. The summed E-state index contributed by atoms with van der Waals surface area (Å²) in [5, 5.41) is 12.7. The Hall–Kier alpha value is -2.17. The van der Waals surface area contributed by atoms with Gasteiger partial charge in [0.1, 0.15) is 0 Å². The summed E-state index contributed by atoms with van der Waals surface area (Å²) >= 11 is 0.